The SMILES string of the molecule is Cc1cc(F)ccc1C(=O)N[C@H](C)c1ccccc1. The first-order valence-corrected chi connectivity index (χ1v) is 6.20. The maximum atomic E-state index is 13.0. The number of nitrogens with one attached hydrogen (secondary N) is 1. The van der Waals surface area contributed by atoms with E-state index in [1.165, 1.54) is 18.2 Å². The van der Waals surface area contributed by atoms with Gasteiger partial charge in [-0.1, -0.05) is 30.3 Å². The number of rotatable bonds is 3. The molecule has 1 N–H and O–H groups in total. The van der Waals surface area contributed by atoms with Crippen LogP contribution < -0.4 is 5.32 Å². The number of aryl methyl sites for hydroxylation is 1. The van der Waals surface area contributed by atoms with Gasteiger partial charge in [0.2, 0.25) is 0 Å². The van der Waals surface area contributed by atoms with E-state index in [1.807, 2.05) is 37.3 Å². The second-order valence-electron chi connectivity index (χ2n) is 4.57. The quantitative estimate of drug-likeness (QED) is 0.893. The summed E-state index contributed by atoms with van der Waals surface area (Å²) in [5.74, 6) is -0.515. The maximum absolute atomic E-state index is 13.0. The van der Waals surface area contributed by atoms with E-state index in [1.54, 1.807) is 6.92 Å². The highest BCUT2D eigenvalue weighted by atomic mass is 19.1. The summed E-state index contributed by atoms with van der Waals surface area (Å²) >= 11 is 0. The molecule has 0 fully saturated rings. The number of carbonyl (C=O) groups excluding carboxylic acids is 1. The molecular weight excluding hydrogens is 241 g/mol. The summed E-state index contributed by atoms with van der Waals surface area (Å²) in [5.41, 5.74) is 2.18. The zero-order chi connectivity index (χ0) is 13.8. The lowest BCUT2D eigenvalue weighted by Gasteiger charge is -2.15. The van der Waals surface area contributed by atoms with Crippen molar-refractivity contribution in [2.45, 2.75) is 19.9 Å². The summed E-state index contributed by atoms with van der Waals surface area (Å²) in [6, 6.07) is 13.8. The third kappa shape index (κ3) is 3.19. The van der Waals surface area contributed by atoms with Crippen molar-refractivity contribution in [2.24, 2.45) is 0 Å². The van der Waals surface area contributed by atoms with E-state index in [-0.39, 0.29) is 17.8 Å². The molecule has 2 aromatic carbocycles. The van der Waals surface area contributed by atoms with Gasteiger partial charge >= 0.3 is 0 Å². The van der Waals surface area contributed by atoms with E-state index in [4.69, 9.17) is 0 Å². The first kappa shape index (κ1) is 13.3. The highest BCUT2D eigenvalue weighted by Gasteiger charge is 2.13. The van der Waals surface area contributed by atoms with E-state index in [9.17, 15) is 9.18 Å². The summed E-state index contributed by atoms with van der Waals surface area (Å²) in [5, 5.41) is 2.91. The van der Waals surface area contributed by atoms with E-state index < -0.39 is 0 Å². The maximum Gasteiger partial charge on any atom is 0.252 e. The second kappa shape index (κ2) is 5.65. The van der Waals surface area contributed by atoms with Crippen LogP contribution >= 0.6 is 0 Å². The largest absolute Gasteiger partial charge is 0.346 e. The normalized spacial score (nSPS) is 11.9. The monoisotopic (exact) mass is 257 g/mol. The molecule has 1 amide bonds. The third-order valence-electron chi connectivity index (χ3n) is 3.08. The fraction of sp³-hybridized carbons (Fsp3) is 0.188. The topological polar surface area (TPSA) is 29.1 Å². The molecule has 0 unspecified atom stereocenters. The first-order chi connectivity index (χ1) is 9.08. The Hall–Kier alpha value is -2.16. The lowest BCUT2D eigenvalue weighted by atomic mass is 10.1. The molecule has 19 heavy (non-hydrogen) atoms. The Bertz CT molecular complexity index is 581. The number of hydrogen-bond acceptors (Lipinski definition) is 1. The highest BCUT2D eigenvalue weighted by Crippen LogP contribution is 2.14. The average Bonchev–Trinajstić information content (AvgIpc) is 2.39. The zero-order valence-electron chi connectivity index (χ0n) is 11.0. The van der Waals surface area contributed by atoms with Gasteiger partial charge in [0, 0.05) is 5.56 Å². The molecule has 0 bridgehead atoms. The number of carbonyl (C=O) groups is 1. The Labute approximate surface area is 112 Å². The van der Waals surface area contributed by atoms with E-state index in [0.717, 1.165) is 5.56 Å². The van der Waals surface area contributed by atoms with Crippen molar-refractivity contribution in [1.29, 1.82) is 0 Å². The summed E-state index contributed by atoms with van der Waals surface area (Å²) in [6.45, 7) is 3.65. The molecular formula is C16H16FNO. The molecule has 0 radical (unpaired) electrons. The van der Waals surface area contributed by atoms with Crippen molar-refractivity contribution in [2.75, 3.05) is 0 Å². The predicted octanol–water partition coefficient (Wildman–Crippen LogP) is 3.63. The van der Waals surface area contributed by atoms with Gasteiger partial charge in [-0.15, -0.1) is 0 Å². The first-order valence-electron chi connectivity index (χ1n) is 6.20. The van der Waals surface area contributed by atoms with E-state index in [2.05, 4.69) is 5.32 Å². The molecule has 0 spiro atoms. The predicted molar refractivity (Wildman–Crippen MR) is 73.5 cm³/mol. The third-order valence-corrected chi connectivity index (χ3v) is 3.08. The van der Waals surface area contributed by atoms with Gasteiger partial charge in [-0.3, -0.25) is 4.79 Å². The second-order valence-corrected chi connectivity index (χ2v) is 4.57. The lowest BCUT2D eigenvalue weighted by Crippen LogP contribution is -2.27. The Balaban J connectivity index is 2.13. The Morgan fingerprint density at radius 2 is 1.84 bits per heavy atom. The summed E-state index contributed by atoms with van der Waals surface area (Å²) in [4.78, 5) is 12.1. The number of benzene rings is 2. The number of amides is 1. The van der Waals surface area contributed by atoms with Gasteiger partial charge in [-0.25, -0.2) is 4.39 Å². The van der Waals surface area contributed by atoms with Crippen LogP contribution in [0.3, 0.4) is 0 Å². The molecule has 3 heteroatoms. The minimum atomic E-state index is -0.329. The summed E-state index contributed by atoms with van der Waals surface area (Å²) in [7, 11) is 0. The van der Waals surface area contributed by atoms with Gasteiger partial charge in [0.25, 0.3) is 5.91 Å². The fourth-order valence-corrected chi connectivity index (χ4v) is 1.98. The Kier molecular flexibility index (Phi) is 3.95. The van der Waals surface area contributed by atoms with Gasteiger partial charge in [0.1, 0.15) is 5.82 Å². The van der Waals surface area contributed by atoms with Crippen LogP contribution in [0.15, 0.2) is 48.5 Å². The molecule has 0 aromatic heterocycles. The summed E-state index contributed by atoms with van der Waals surface area (Å²) < 4.78 is 13.0. The molecule has 0 heterocycles. The van der Waals surface area contributed by atoms with Crippen LogP contribution in [0, 0.1) is 12.7 Å². The van der Waals surface area contributed by atoms with Crippen LogP contribution in [0.4, 0.5) is 4.39 Å². The van der Waals surface area contributed by atoms with Crippen LogP contribution in [0.1, 0.15) is 34.5 Å². The Morgan fingerprint density at radius 3 is 2.47 bits per heavy atom. The fourth-order valence-electron chi connectivity index (χ4n) is 1.98. The molecule has 0 aliphatic heterocycles. The number of halogens is 1. The van der Waals surface area contributed by atoms with Crippen molar-refractivity contribution in [3.63, 3.8) is 0 Å². The van der Waals surface area contributed by atoms with Crippen LogP contribution in [0.5, 0.6) is 0 Å². The molecule has 2 rings (SSSR count). The Morgan fingerprint density at radius 1 is 1.16 bits per heavy atom. The standard InChI is InChI=1S/C16H16FNO/c1-11-10-14(17)8-9-15(11)16(19)18-12(2)13-6-4-3-5-7-13/h3-10,12H,1-2H3,(H,18,19)/t12-/m1/s1. The van der Waals surface area contributed by atoms with Gasteiger partial charge < -0.3 is 5.32 Å². The van der Waals surface area contributed by atoms with Crippen LogP contribution in [0.2, 0.25) is 0 Å². The van der Waals surface area contributed by atoms with Gasteiger partial charge in [-0.2, -0.15) is 0 Å². The molecule has 2 aromatic rings. The van der Waals surface area contributed by atoms with E-state index >= 15 is 0 Å². The van der Waals surface area contributed by atoms with Crippen LogP contribution in [-0.2, 0) is 0 Å². The van der Waals surface area contributed by atoms with Crippen molar-refractivity contribution >= 4 is 5.91 Å². The van der Waals surface area contributed by atoms with Crippen LogP contribution in [-0.4, -0.2) is 5.91 Å². The zero-order valence-corrected chi connectivity index (χ0v) is 11.0. The smallest absolute Gasteiger partial charge is 0.252 e. The van der Waals surface area contributed by atoms with E-state index in [0.29, 0.717) is 11.1 Å². The molecule has 1 atom stereocenters. The molecule has 0 aliphatic carbocycles. The van der Waals surface area contributed by atoms with Gasteiger partial charge in [0.05, 0.1) is 6.04 Å². The molecule has 0 saturated carbocycles. The van der Waals surface area contributed by atoms with Gasteiger partial charge in [-0.05, 0) is 43.2 Å². The van der Waals surface area contributed by atoms with Crippen molar-refractivity contribution in [3.05, 3.63) is 71.0 Å². The molecule has 2 nitrogen and oxygen atoms in total. The van der Waals surface area contributed by atoms with Crippen molar-refractivity contribution < 1.29 is 9.18 Å². The van der Waals surface area contributed by atoms with Crippen molar-refractivity contribution in [1.82, 2.24) is 5.32 Å². The molecule has 0 saturated heterocycles. The van der Waals surface area contributed by atoms with Gasteiger partial charge in [0.15, 0.2) is 0 Å². The van der Waals surface area contributed by atoms with Crippen LogP contribution in [0.25, 0.3) is 0 Å². The minimum absolute atomic E-state index is 0.0850. The highest BCUT2D eigenvalue weighted by molar-refractivity contribution is 5.95. The summed E-state index contributed by atoms with van der Waals surface area (Å²) in [6.07, 6.45) is 0. The number of hydrogen-bond donors (Lipinski definition) is 1. The van der Waals surface area contributed by atoms with Crippen molar-refractivity contribution in [3.8, 4) is 0 Å². The minimum Gasteiger partial charge on any atom is -0.346 e. The lowest BCUT2D eigenvalue weighted by molar-refractivity contribution is 0.0939. The average molecular weight is 257 g/mol. The molecule has 0 aliphatic rings. The molecule has 98 valence electrons.